The zero-order valence-electron chi connectivity index (χ0n) is 11.8. The van der Waals surface area contributed by atoms with Gasteiger partial charge in [0.05, 0.1) is 12.6 Å². The van der Waals surface area contributed by atoms with Crippen LogP contribution in [0.2, 0.25) is 0 Å². The van der Waals surface area contributed by atoms with Gasteiger partial charge in [0.25, 0.3) is 0 Å². The summed E-state index contributed by atoms with van der Waals surface area (Å²) in [5, 5.41) is 3.55. The second-order valence-corrected chi connectivity index (χ2v) is 4.65. The van der Waals surface area contributed by atoms with E-state index in [0.717, 1.165) is 5.75 Å². The van der Waals surface area contributed by atoms with Gasteiger partial charge in [0.2, 0.25) is 0 Å². The van der Waals surface area contributed by atoms with Gasteiger partial charge in [0.1, 0.15) is 5.75 Å². The maximum Gasteiger partial charge on any atom is 0.124 e. The molecule has 2 heteroatoms. The monoisotopic (exact) mass is 255 g/mol. The molecule has 0 bridgehead atoms. The van der Waals surface area contributed by atoms with Gasteiger partial charge in [-0.3, -0.25) is 0 Å². The van der Waals surface area contributed by atoms with Gasteiger partial charge in [-0.2, -0.15) is 0 Å². The molecule has 100 valence electrons. The Labute approximate surface area is 115 Å². The van der Waals surface area contributed by atoms with Crippen molar-refractivity contribution in [3.8, 4) is 5.75 Å². The minimum atomic E-state index is 0.212. The molecule has 0 aliphatic rings. The highest BCUT2D eigenvalue weighted by atomic mass is 16.5. The molecule has 19 heavy (non-hydrogen) atoms. The largest absolute Gasteiger partial charge is 0.494 e. The topological polar surface area (TPSA) is 21.3 Å². The van der Waals surface area contributed by atoms with E-state index in [1.165, 1.54) is 16.8 Å². The molecule has 0 radical (unpaired) electrons. The van der Waals surface area contributed by atoms with Gasteiger partial charge >= 0.3 is 0 Å². The van der Waals surface area contributed by atoms with Crippen LogP contribution < -0.4 is 10.1 Å². The highest BCUT2D eigenvalue weighted by Gasteiger charge is 2.11. The van der Waals surface area contributed by atoms with Gasteiger partial charge in [0.15, 0.2) is 0 Å². The van der Waals surface area contributed by atoms with Crippen molar-refractivity contribution in [3.63, 3.8) is 0 Å². The van der Waals surface area contributed by atoms with Gasteiger partial charge in [-0.05, 0) is 38.5 Å². The molecule has 2 aromatic rings. The summed E-state index contributed by atoms with van der Waals surface area (Å²) in [7, 11) is 0. The molecule has 0 saturated carbocycles. The fourth-order valence-corrected chi connectivity index (χ4v) is 2.17. The van der Waals surface area contributed by atoms with E-state index in [1.807, 2.05) is 25.1 Å². The van der Waals surface area contributed by atoms with E-state index in [2.05, 4.69) is 49.5 Å². The Morgan fingerprint density at radius 1 is 1.05 bits per heavy atom. The first-order chi connectivity index (χ1) is 9.22. The second-order valence-electron chi connectivity index (χ2n) is 4.65. The fraction of sp³-hybridized carbons (Fsp3) is 0.294. The third-order valence-electron chi connectivity index (χ3n) is 3.20. The van der Waals surface area contributed by atoms with Crippen LogP contribution in [-0.4, -0.2) is 6.61 Å². The van der Waals surface area contributed by atoms with Crippen LogP contribution in [0, 0.1) is 6.92 Å². The van der Waals surface area contributed by atoms with Crippen LogP contribution in [0.4, 0.5) is 5.69 Å². The van der Waals surface area contributed by atoms with Crippen molar-refractivity contribution in [2.24, 2.45) is 0 Å². The molecule has 2 nitrogen and oxygen atoms in total. The summed E-state index contributed by atoms with van der Waals surface area (Å²) in [4.78, 5) is 0. The summed E-state index contributed by atoms with van der Waals surface area (Å²) in [5.41, 5.74) is 3.61. The third kappa shape index (κ3) is 3.28. The molecule has 1 N–H and O–H groups in total. The van der Waals surface area contributed by atoms with Crippen molar-refractivity contribution in [1.82, 2.24) is 0 Å². The van der Waals surface area contributed by atoms with Crippen LogP contribution in [0.15, 0.2) is 48.5 Å². The molecule has 2 rings (SSSR count). The van der Waals surface area contributed by atoms with Crippen LogP contribution in [0.1, 0.15) is 31.0 Å². The molecule has 0 spiro atoms. The van der Waals surface area contributed by atoms with E-state index in [1.54, 1.807) is 0 Å². The summed E-state index contributed by atoms with van der Waals surface area (Å²) in [6.45, 7) is 6.97. The van der Waals surface area contributed by atoms with E-state index in [4.69, 9.17) is 4.74 Å². The number of anilines is 1. The van der Waals surface area contributed by atoms with E-state index in [9.17, 15) is 0 Å². The standard InChI is InChI=1S/C17H21NO/c1-4-19-17-12-8-6-10-15(17)14(3)18-16-11-7-5-9-13(16)2/h5-12,14,18H,4H2,1-3H3. The van der Waals surface area contributed by atoms with Crippen LogP contribution >= 0.6 is 0 Å². The fourth-order valence-electron chi connectivity index (χ4n) is 2.17. The lowest BCUT2D eigenvalue weighted by Crippen LogP contribution is -2.09. The Morgan fingerprint density at radius 3 is 2.47 bits per heavy atom. The third-order valence-corrected chi connectivity index (χ3v) is 3.20. The maximum atomic E-state index is 5.69. The molecule has 0 saturated heterocycles. The van der Waals surface area contributed by atoms with Crippen molar-refractivity contribution in [1.29, 1.82) is 0 Å². The number of hydrogen-bond donors (Lipinski definition) is 1. The molecular weight excluding hydrogens is 234 g/mol. The minimum Gasteiger partial charge on any atom is -0.494 e. The van der Waals surface area contributed by atoms with Crippen molar-refractivity contribution in [2.45, 2.75) is 26.8 Å². The van der Waals surface area contributed by atoms with Crippen LogP contribution in [0.5, 0.6) is 5.75 Å². The van der Waals surface area contributed by atoms with E-state index in [0.29, 0.717) is 6.61 Å². The number of aryl methyl sites for hydroxylation is 1. The summed E-state index contributed by atoms with van der Waals surface area (Å²) in [6.07, 6.45) is 0. The summed E-state index contributed by atoms with van der Waals surface area (Å²) in [6, 6.07) is 16.7. The maximum absolute atomic E-state index is 5.69. The molecule has 1 unspecified atom stereocenters. The number of rotatable bonds is 5. The Morgan fingerprint density at radius 2 is 1.74 bits per heavy atom. The molecule has 2 aromatic carbocycles. The lowest BCUT2D eigenvalue weighted by Gasteiger charge is -2.20. The van der Waals surface area contributed by atoms with Crippen LogP contribution in [0.25, 0.3) is 0 Å². The predicted octanol–water partition coefficient (Wildman–Crippen LogP) is 4.57. The van der Waals surface area contributed by atoms with Crippen LogP contribution in [0.3, 0.4) is 0 Å². The highest BCUT2D eigenvalue weighted by Crippen LogP contribution is 2.28. The minimum absolute atomic E-state index is 0.212. The molecule has 0 fully saturated rings. The zero-order chi connectivity index (χ0) is 13.7. The molecule has 0 aliphatic carbocycles. The van der Waals surface area contributed by atoms with Crippen molar-refractivity contribution >= 4 is 5.69 Å². The first-order valence-corrected chi connectivity index (χ1v) is 6.76. The summed E-state index contributed by atoms with van der Waals surface area (Å²) in [5.74, 6) is 0.957. The predicted molar refractivity (Wildman–Crippen MR) is 80.8 cm³/mol. The molecule has 0 aliphatic heterocycles. The smallest absolute Gasteiger partial charge is 0.124 e. The van der Waals surface area contributed by atoms with Crippen molar-refractivity contribution < 1.29 is 4.74 Å². The lowest BCUT2D eigenvalue weighted by molar-refractivity contribution is 0.335. The number of nitrogens with one attached hydrogen (secondary N) is 1. The van der Waals surface area contributed by atoms with Crippen molar-refractivity contribution in [3.05, 3.63) is 59.7 Å². The van der Waals surface area contributed by atoms with Gasteiger partial charge < -0.3 is 10.1 Å². The first-order valence-electron chi connectivity index (χ1n) is 6.76. The van der Waals surface area contributed by atoms with Gasteiger partial charge in [-0.15, -0.1) is 0 Å². The molecule has 1 atom stereocenters. The van der Waals surface area contributed by atoms with E-state index >= 15 is 0 Å². The number of ether oxygens (including phenoxy) is 1. The average Bonchev–Trinajstić information content (AvgIpc) is 2.42. The molecule has 0 heterocycles. The quantitative estimate of drug-likeness (QED) is 0.845. The second kappa shape index (κ2) is 6.28. The number of benzene rings is 2. The summed E-state index contributed by atoms with van der Waals surface area (Å²) < 4.78 is 5.69. The number of hydrogen-bond acceptors (Lipinski definition) is 2. The van der Waals surface area contributed by atoms with Crippen LogP contribution in [-0.2, 0) is 0 Å². The first kappa shape index (κ1) is 13.5. The number of para-hydroxylation sites is 2. The SMILES string of the molecule is CCOc1ccccc1C(C)Nc1ccccc1C. The Kier molecular flexibility index (Phi) is 4.45. The van der Waals surface area contributed by atoms with Gasteiger partial charge in [-0.1, -0.05) is 36.4 Å². The lowest BCUT2D eigenvalue weighted by atomic mass is 10.1. The average molecular weight is 255 g/mol. The molecule has 0 amide bonds. The van der Waals surface area contributed by atoms with E-state index in [-0.39, 0.29) is 6.04 Å². The van der Waals surface area contributed by atoms with Gasteiger partial charge in [0, 0.05) is 11.3 Å². The molecule has 0 aromatic heterocycles. The van der Waals surface area contributed by atoms with Gasteiger partial charge in [-0.25, -0.2) is 0 Å². The van der Waals surface area contributed by atoms with E-state index < -0.39 is 0 Å². The zero-order valence-corrected chi connectivity index (χ0v) is 11.8. The molecular formula is C17H21NO. The van der Waals surface area contributed by atoms with Crippen molar-refractivity contribution in [2.75, 3.05) is 11.9 Å². The summed E-state index contributed by atoms with van der Waals surface area (Å²) >= 11 is 0. The normalized spacial score (nSPS) is 11.9. The Bertz CT molecular complexity index is 536. The highest BCUT2D eigenvalue weighted by molar-refractivity contribution is 5.52. The Hall–Kier alpha value is -1.96. The Balaban J connectivity index is 2.20.